The third-order valence-corrected chi connectivity index (χ3v) is 3.40. The number of nitrogens with zero attached hydrogens (tertiary/aromatic N) is 2. The standard InChI is InChI=1S/C15H12N2O2/c1-19-14(18)12-7-13(11-5-3-2-4-6-11)15(8-12,9-16)10-17/h2-6,8,13H,7H2,1H3. The van der Waals surface area contributed by atoms with Crippen LogP contribution in [-0.4, -0.2) is 13.1 Å². The summed E-state index contributed by atoms with van der Waals surface area (Å²) < 4.78 is 4.67. The molecule has 0 fully saturated rings. The average molecular weight is 252 g/mol. The van der Waals surface area contributed by atoms with Crippen LogP contribution in [0.25, 0.3) is 0 Å². The van der Waals surface area contributed by atoms with Gasteiger partial charge in [0.15, 0.2) is 5.41 Å². The first kappa shape index (κ1) is 12.9. The number of benzene rings is 1. The van der Waals surface area contributed by atoms with E-state index in [1.54, 1.807) is 0 Å². The van der Waals surface area contributed by atoms with Gasteiger partial charge in [0, 0.05) is 11.5 Å². The van der Waals surface area contributed by atoms with Crippen LogP contribution in [0.3, 0.4) is 0 Å². The molecular weight excluding hydrogens is 240 g/mol. The van der Waals surface area contributed by atoms with Gasteiger partial charge in [-0.3, -0.25) is 0 Å². The highest BCUT2D eigenvalue weighted by Gasteiger charge is 2.45. The summed E-state index contributed by atoms with van der Waals surface area (Å²) in [6.07, 6.45) is 1.79. The van der Waals surface area contributed by atoms with E-state index < -0.39 is 11.4 Å². The van der Waals surface area contributed by atoms with Crippen molar-refractivity contribution < 1.29 is 9.53 Å². The number of nitriles is 2. The molecule has 0 bridgehead atoms. The molecule has 0 aliphatic heterocycles. The molecule has 1 aliphatic carbocycles. The van der Waals surface area contributed by atoms with E-state index in [1.165, 1.54) is 13.2 Å². The van der Waals surface area contributed by atoms with Gasteiger partial charge in [0.2, 0.25) is 0 Å². The minimum atomic E-state index is -1.30. The van der Waals surface area contributed by atoms with Crippen molar-refractivity contribution in [3.8, 4) is 12.1 Å². The largest absolute Gasteiger partial charge is 0.466 e. The molecule has 1 aromatic rings. The maximum absolute atomic E-state index is 11.6. The highest BCUT2D eigenvalue weighted by molar-refractivity contribution is 5.90. The first-order valence-electron chi connectivity index (χ1n) is 5.84. The van der Waals surface area contributed by atoms with Gasteiger partial charge < -0.3 is 4.74 Å². The van der Waals surface area contributed by atoms with E-state index in [0.29, 0.717) is 12.0 Å². The topological polar surface area (TPSA) is 73.9 Å². The first-order valence-corrected chi connectivity index (χ1v) is 5.84. The van der Waals surface area contributed by atoms with Crippen molar-refractivity contribution in [2.75, 3.05) is 7.11 Å². The van der Waals surface area contributed by atoms with Gasteiger partial charge >= 0.3 is 5.97 Å². The molecule has 0 N–H and O–H groups in total. The van der Waals surface area contributed by atoms with E-state index in [2.05, 4.69) is 4.74 Å². The van der Waals surface area contributed by atoms with Crippen LogP contribution < -0.4 is 0 Å². The zero-order valence-corrected chi connectivity index (χ0v) is 10.5. The lowest BCUT2D eigenvalue weighted by Crippen LogP contribution is -2.19. The summed E-state index contributed by atoms with van der Waals surface area (Å²) >= 11 is 0. The third kappa shape index (κ3) is 2.09. The molecule has 0 heterocycles. The number of carbonyl (C=O) groups is 1. The number of hydrogen-bond acceptors (Lipinski definition) is 4. The summed E-state index contributed by atoms with van der Waals surface area (Å²) in [6, 6.07) is 13.4. The Balaban J connectivity index is 2.46. The second-order valence-corrected chi connectivity index (χ2v) is 4.42. The highest BCUT2D eigenvalue weighted by atomic mass is 16.5. The van der Waals surface area contributed by atoms with Crippen LogP contribution >= 0.6 is 0 Å². The van der Waals surface area contributed by atoms with Crippen LogP contribution in [0, 0.1) is 28.1 Å². The van der Waals surface area contributed by atoms with Crippen molar-refractivity contribution in [3.63, 3.8) is 0 Å². The number of methoxy groups -OCH3 is 1. The van der Waals surface area contributed by atoms with Gasteiger partial charge in [-0.25, -0.2) is 4.79 Å². The number of esters is 1. The van der Waals surface area contributed by atoms with Crippen LogP contribution in [-0.2, 0) is 9.53 Å². The molecule has 94 valence electrons. The Morgan fingerprint density at radius 3 is 2.47 bits per heavy atom. The van der Waals surface area contributed by atoms with Crippen LogP contribution in [0.5, 0.6) is 0 Å². The molecule has 0 radical (unpaired) electrons. The van der Waals surface area contributed by atoms with Crippen LogP contribution in [0.15, 0.2) is 42.0 Å². The minimum absolute atomic E-state index is 0.335. The fraction of sp³-hybridized carbons (Fsp3) is 0.267. The second kappa shape index (κ2) is 4.96. The highest BCUT2D eigenvalue weighted by Crippen LogP contribution is 2.47. The predicted octanol–water partition coefficient (Wildman–Crippen LogP) is 2.31. The van der Waals surface area contributed by atoms with E-state index in [1.807, 2.05) is 42.5 Å². The Morgan fingerprint density at radius 2 is 1.95 bits per heavy atom. The molecule has 1 unspecified atom stereocenters. The molecule has 0 saturated heterocycles. The summed E-state index contributed by atoms with van der Waals surface area (Å²) in [5, 5.41) is 18.7. The molecule has 0 amide bonds. The van der Waals surface area contributed by atoms with Gasteiger partial charge in [-0.1, -0.05) is 30.3 Å². The number of allylic oxidation sites excluding steroid dienone is 1. The van der Waals surface area contributed by atoms with Crippen molar-refractivity contribution in [2.45, 2.75) is 12.3 Å². The lowest BCUT2D eigenvalue weighted by molar-refractivity contribution is -0.136. The van der Waals surface area contributed by atoms with E-state index in [-0.39, 0.29) is 5.92 Å². The quantitative estimate of drug-likeness (QED) is 0.757. The lowest BCUT2D eigenvalue weighted by atomic mass is 9.77. The molecule has 1 aromatic carbocycles. The molecule has 4 heteroatoms. The third-order valence-electron chi connectivity index (χ3n) is 3.40. The molecule has 2 rings (SSSR count). The van der Waals surface area contributed by atoms with Crippen molar-refractivity contribution in [2.24, 2.45) is 5.41 Å². The summed E-state index contributed by atoms with van der Waals surface area (Å²) in [5.41, 5.74) is -0.0366. The summed E-state index contributed by atoms with van der Waals surface area (Å²) in [7, 11) is 1.29. The van der Waals surface area contributed by atoms with Crippen molar-refractivity contribution in [1.82, 2.24) is 0 Å². The Labute approximate surface area is 111 Å². The summed E-state index contributed by atoms with van der Waals surface area (Å²) in [4.78, 5) is 11.6. The van der Waals surface area contributed by atoms with Crippen LogP contribution in [0.1, 0.15) is 17.9 Å². The summed E-state index contributed by atoms with van der Waals surface area (Å²) in [6.45, 7) is 0. The Morgan fingerprint density at radius 1 is 1.32 bits per heavy atom. The number of ether oxygens (including phenoxy) is 1. The Hall–Kier alpha value is -2.59. The maximum atomic E-state index is 11.6. The minimum Gasteiger partial charge on any atom is -0.466 e. The normalized spacial score (nSPS) is 19.9. The molecule has 0 spiro atoms. The van der Waals surface area contributed by atoms with Crippen molar-refractivity contribution in [1.29, 1.82) is 10.5 Å². The predicted molar refractivity (Wildman–Crippen MR) is 67.6 cm³/mol. The first-order chi connectivity index (χ1) is 9.16. The van der Waals surface area contributed by atoms with E-state index in [4.69, 9.17) is 0 Å². The zero-order chi connectivity index (χ0) is 13.9. The van der Waals surface area contributed by atoms with Crippen LogP contribution in [0.4, 0.5) is 0 Å². The Bertz CT molecular complexity index is 591. The number of carbonyl (C=O) groups excluding carboxylic acids is 1. The smallest absolute Gasteiger partial charge is 0.333 e. The fourth-order valence-electron chi connectivity index (χ4n) is 2.40. The number of hydrogen-bond donors (Lipinski definition) is 0. The van der Waals surface area contributed by atoms with Gasteiger partial charge in [-0.15, -0.1) is 0 Å². The molecular formula is C15H12N2O2. The summed E-state index contributed by atoms with van der Waals surface area (Å²) in [5.74, 6) is -0.814. The molecule has 4 nitrogen and oxygen atoms in total. The molecule has 0 aromatic heterocycles. The molecule has 0 saturated carbocycles. The van der Waals surface area contributed by atoms with Crippen molar-refractivity contribution >= 4 is 5.97 Å². The lowest BCUT2D eigenvalue weighted by Gasteiger charge is -2.20. The zero-order valence-electron chi connectivity index (χ0n) is 10.5. The van der Waals surface area contributed by atoms with Gasteiger partial charge in [0.05, 0.1) is 19.2 Å². The maximum Gasteiger partial charge on any atom is 0.333 e. The second-order valence-electron chi connectivity index (χ2n) is 4.42. The molecule has 19 heavy (non-hydrogen) atoms. The monoisotopic (exact) mass is 252 g/mol. The average Bonchev–Trinajstić information content (AvgIpc) is 2.87. The van der Waals surface area contributed by atoms with E-state index >= 15 is 0 Å². The number of rotatable bonds is 2. The van der Waals surface area contributed by atoms with E-state index in [9.17, 15) is 15.3 Å². The SMILES string of the molecule is COC(=O)C1=CC(C#N)(C#N)C(c2ccccc2)C1. The molecule has 1 aliphatic rings. The van der Waals surface area contributed by atoms with Crippen molar-refractivity contribution in [3.05, 3.63) is 47.5 Å². The molecule has 1 atom stereocenters. The van der Waals surface area contributed by atoms with Gasteiger partial charge in [-0.05, 0) is 18.1 Å². The van der Waals surface area contributed by atoms with Gasteiger partial charge in [0.25, 0.3) is 0 Å². The van der Waals surface area contributed by atoms with Gasteiger partial charge in [0.1, 0.15) is 0 Å². The van der Waals surface area contributed by atoms with Crippen LogP contribution in [0.2, 0.25) is 0 Å². The van der Waals surface area contributed by atoms with Gasteiger partial charge in [-0.2, -0.15) is 10.5 Å². The Kier molecular flexibility index (Phi) is 3.35. The van der Waals surface area contributed by atoms with E-state index in [0.717, 1.165) is 5.56 Å². The fourth-order valence-corrected chi connectivity index (χ4v) is 2.40.